The SMILES string of the molecule is C=CC(O)c1cc(OC)ncc1OC. The summed E-state index contributed by atoms with van der Waals surface area (Å²) in [6.07, 6.45) is 2.14. The van der Waals surface area contributed by atoms with E-state index in [9.17, 15) is 5.11 Å². The van der Waals surface area contributed by atoms with E-state index in [4.69, 9.17) is 9.47 Å². The summed E-state index contributed by atoms with van der Waals surface area (Å²) in [4.78, 5) is 3.95. The van der Waals surface area contributed by atoms with Crippen LogP contribution in [0.25, 0.3) is 0 Å². The number of hydrogen-bond donors (Lipinski definition) is 1. The van der Waals surface area contributed by atoms with Crippen molar-refractivity contribution in [2.24, 2.45) is 0 Å². The van der Waals surface area contributed by atoms with E-state index in [1.165, 1.54) is 26.5 Å². The molecule has 1 heterocycles. The van der Waals surface area contributed by atoms with E-state index in [2.05, 4.69) is 11.6 Å². The Kier molecular flexibility index (Phi) is 3.48. The summed E-state index contributed by atoms with van der Waals surface area (Å²) in [6, 6.07) is 1.62. The van der Waals surface area contributed by atoms with Gasteiger partial charge in [0.25, 0.3) is 0 Å². The van der Waals surface area contributed by atoms with Crippen molar-refractivity contribution < 1.29 is 14.6 Å². The van der Waals surface area contributed by atoms with Crippen LogP contribution < -0.4 is 9.47 Å². The zero-order valence-corrected chi connectivity index (χ0v) is 8.23. The van der Waals surface area contributed by atoms with Crippen molar-refractivity contribution in [2.45, 2.75) is 6.10 Å². The minimum Gasteiger partial charge on any atom is -0.495 e. The minimum absolute atomic E-state index is 0.432. The third kappa shape index (κ3) is 2.03. The van der Waals surface area contributed by atoms with Crippen LogP contribution in [0.15, 0.2) is 24.9 Å². The van der Waals surface area contributed by atoms with E-state index in [-0.39, 0.29) is 0 Å². The van der Waals surface area contributed by atoms with Crippen LogP contribution in [0.3, 0.4) is 0 Å². The van der Waals surface area contributed by atoms with Crippen LogP contribution >= 0.6 is 0 Å². The van der Waals surface area contributed by atoms with Crippen LogP contribution in [0.4, 0.5) is 0 Å². The molecule has 1 atom stereocenters. The van der Waals surface area contributed by atoms with Crippen molar-refractivity contribution >= 4 is 0 Å². The maximum Gasteiger partial charge on any atom is 0.213 e. The Morgan fingerprint density at radius 2 is 2.21 bits per heavy atom. The highest BCUT2D eigenvalue weighted by Gasteiger charge is 2.11. The monoisotopic (exact) mass is 195 g/mol. The number of rotatable bonds is 4. The summed E-state index contributed by atoms with van der Waals surface area (Å²) in [6.45, 7) is 3.50. The molecule has 0 aromatic carbocycles. The van der Waals surface area contributed by atoms with Crippen molar-refractivity contribution in [1.82, 2.24) is 4.98 Å². The first kappa shape index (κ1) is 10.5. The number of aliphatic hydroxyl groups excluding tert-OH is 1. The smallest absolute Gasteiger partial charge is 0.213 e. The summed E-state index contributed by atoms with van der Waals surface area (Å²) in [7, 11) is 3.03. The zero-order valence-electron chi connectivity index (χ0n) is 8.23. The quantitative estimate of drug-likeness (QED) is 0.736. The predicted octanol–water partition coefficient (Wildman–Crippen LogP) is 1.32. The average Bonchev–Trinajstić information content (AvgIpc) is 2.27. The Hall–Kier alpha value is -1.55. The van der Waals surface area contributed by atoms with E-state index in [0.29, 0.717) is 17.2 Å². The van der Waals surface area contributed by atoms with E-state index in [0.717, 1.165) is 0 Å². The van der Waals surface area contributed by atoms with Gasteiger partial charge < -0.3 is 14.6 Å². The lowest BCUT2D eigenvalue weighted by Crippen LogP contribution is -1.99. The molecule has 76 valence electrons. The number of nitrogens with zero attached hydrogens (tertiary/aromatic N) is 1. The Morgan fingerprint density at radius 3 is 2.71 bits per heavy atom. The fourth-order valence-electron chi connectivity index (χ4n) is 1.08. The van der Waals surface area contributed by atoms with E-state index >= 15 is 0 Å². The van der Waals surface area contributed by atoms with Crippen molar-refractivity contribution in [3.05, 3.63) is 30.5 Å². The third-order valence-electron chi connectivity index (χ3n) is 1.84. The van der Waals surface area contributed by atoms with Gasteiger partial charge in [0.1, 0.15) is 11.9 Å². The van der Waals surface area contributed by atoms with Crippen LogP contribution in [0.1, 0.15) is 11.7 Å². The molecule has 1 rings (SSSR count). The van der Waals surface area contributed by atoms with Crippen LogP contribution in [0, 0.1) is 0 Å². The van der Waals surface area contributed by atoms with Crippen molar-refractivity contribution in [2.75, 3.05) is 14.2 Å². The van der Waals surface area contributed by atoms with Gasteiger partial charge in [-0.25, -0.2) is 4.98 Å². The molecule has 1 unspecified atom stereocenters. The summed E-state index contributed by atoms with van der Waals surface area (Å²) in [5, 5.41) is 9.58. The summed E-state index contributed by atoms with van der Waals surface area (Å²) < 4.78 is 9.98. The fraction of sp³-hybridized carbons (Fsp3) is 0.300. The number of hydrogen-bond acceptors (Lipinski definition) is 4. The van der Waals surface area contributed by atoms with E-state index in [1.807, 2.05) is 0 Å². The van der Waals surface area contributed by atoms with Gasteiger partial charge in [0, 0.05) is 11.6 Å². The molecule has 0 aliphatic rings. The molecule has 0 bridgehead atoms. The average molecular weight is 195 g/mol. The highest BCUT2D eigenvalue weighted by atomic mass is 16.5. The number of aromatic nitrogens is 1. The fourth-order valence-corrected chi connectivity index (χ4v) is 1.08. The molecule has 1 aromatic rings. The first-order chi connectivity index (χ1) is 6.72. The number of aliphatic hydroxyl groups is 1. The largest absolute Gasteiger partial charge is 0.495 e. The van der Waals surface area contributed by atoms with Gasteiger partial charge in [0.2, 0.25) is 5.88 Å². The summed E-state index contributed by atoms with van der Waals surface area (Å²) in [5.74, 6) is 0.944. The first-order valence-electron chi connectivity index (χ1n) is 4.11. The van der Waals surface area contributed by atoms with Crippen LogP contribution in [0.5, 0.6) is 11.6 Å². The van der Waals surface area contributed by atoms with E-state index in [1.54, 1.807) is 6.07 Å². The zero-order chi connectivity index (χ0) is 10.6. The second-order valence-electron chi connectivity index (χ2n) is 2.65. The van der Waals surface area contributed by atoms with Gasteiger partial charge in [-0.05, 0) is 0 Å². The second-order valence-corrected chi connectivity index (χ2v) is 2.65. The molecule has 0 aliphatic heterocycles. The Balaban J connectivity index is 3.14. The van der Waals surface area contributed by atoms with Crippen LogP contribution in [-0.2, 0) is 0 Å². The maximum absolute atomic E-state index is 9.58. The number of ether oxygens (including phenoxy) is 2. The van der Waals surface area contributed by atoms with Gasteiger partial charge in [0.15, 0.2) is 0 Å². The van der Waals surface area contributed by atoms with Gasteiger partial charge in [-0.2, -0.15) is 0 Å². The highest BCUT2D eigenvalue weighted by Crippen LogP contribution is 2.27. The Bertz CT molecular complexity index is 325. The maximum atomic E-state index is 9.58. The normalized spacial score (nSPS) is 11.9. The lowest BCUT2D eigenvalue weighted by Gasteiger charge is -2.11. The standard InChI is InChI=1S/C10H13NO3/c1-4-8(12)7-5-10(14-3)11-6-9(7)13-2/h4-6,8,12H,1H2,2-3H3. The molecule has 0 amide bonds. The summed E-state index contributed by atoms with van der Waals surface area (Å²) in [5.41, 5.74) is 0.592. The van der Waals surface area contributed by atoms with Crippen molar-refractivity contribution in [3.63, 3.8) is 0 Å². The van der Waals surface area contributed by atoms with Gasteiger partial charge in [-0.1, -0.05) is 6.08 Å². The summed E-state index contributed by atoms with van der Waals surface area (Å²) >= 11 is 0. The number of methoxy groups -OCH3 is 2. The molecular weight excluding hydrogens is 182 g/mol. The first-order valence-corrected chi connectivity index (χ1v) is 4.11. The number of pyridine rings is 1. The Labute approximate surface area is 82.8 Å². The molecule has 0 spiro atoms. The van der Waals surface area contributed by atoms with Gasteiger partial charge in [-0.15, -0.1) is 6.58 Å². The van der Waals surface area contributed by atoms with Crippen molar-refractivity contribution in [1.29, 1.82) is 0 Å². The predicted molar refractivity (Wildman–Crippen MR) is 52.5 cm³/mol. The lowest BCUT2D eigenvalue weighted by molar-refractivity contribution is 0.222. The molecule has 4 heteroatoms. The molecule has 0 saturated heterocycles. The third-order valence-corrected chi connectivity index (χ3v) is 1.84. The molecule has 0 saturated carbocycles. The Morgan fingerprint density at radius 1 is 1.50 bits per heavy atom. The topological polar surface area (TPSA) is 51.6 Å². The molecule has 1 N–H and O–H groups in total. The van der Waals surface area contributed by atoms with Crippen LogP contribution in [-0.4, -0.2) is 24.3 Å². The molecular formula is C10H13NO3. The molecule has 14 heavy (non-hydrogen) atoms. The molecule has 0 radical (unpaired) electrons. The van der Waals surface area contributed by atoms with Crippen molar-refractivity contribution in [3.8, 4) is 11.6 Å². The van der Waals surface area contributed by atoms with E-state index < -0.39 is 6.10 Å². The second kappa shape index (κ2) is 4.62. The molecule has 1 aromatic heterocycles. The van der Waals surface area contributed by atoms with Crippen LogP contribution in [0.2, 0.25) is 0 Å². The molecule has 4 nitrogen and oxygen atoms in total. The minimum atomic E-state index is -0.776. The van der Waals surface area contributed by atoms with Gasteiger partial charge in [0.05, 0.1) is 20.4 Å². The van der Waals surface area contributed by atoms with Gasteiger partial charge in [-0.3, -0.25) is 0 Å². The molecule has 0 aliphatic carbocycles. The van der Waals surface area contributed by atoms with Gasteiger partial charge >= 0.3 is 0 Å². The highest BCUT2D eigenvalue weighted by molar-refractivity contribution is 5.37. The molecule has 0 fully saturated rings. The lowest BCUT2D eigenvalue weighted by atomic mass is 10.1.